The number of nitrogens with zero attached hydrogens (tertiary/aromatic N) is 3. The van der Waals surface area contributed by atoms with Crippen molar-refractivity contribution in [3.05, 3.63) is 66.0 Å². The van der Waals surface area contributed by atoms with Gasteiger partial charge in [-0.3, -0.25) is 4.79 Å². The van der Waals surface area contributed by atoms with Gasteiger partial charge in [0.25, 0.3) is 5.91 Å². The van der Waals surface area contributed by atoms with Crippen LogP contribution in [0.25, 0.3) is 17.1 Å². The summed E-state index contributed by atoms with van der Waals surface area (Å²) in [7, 11) is 0. The maximum atomic E-state index is 12.2. The van der Waals surface area contributed by atoms with E-state index >= 15 is 0 Å². The molecule has 1 amide bonds. The molecule has 118 valence electrons. The van der Waals surface area contributed by atoms with Gasteiger partial charge in [0, 0.05) is 5.56 Å². The first kappa shape index (κ1) is 15.5. The minimum atomic E-state index is -0.392. The molecule has 5 nitrogen and oxygen atoms in total. The van der Waals surface area contributed by atoms with Gasteiger partial charge in [-0.1, -0.05) is 48.4 Å². The van der Waals surface area contributed by atoms with E-state index < -0.39 is 5.91 Å². The third kappa shape index (κ3) is 3.18. The molecule has 2 aromatic carbocycles. The van der Waals surface area contributed by atoms with E-state index in [0.717, 1.165) is 16.8 Å². The second-order valence-electron chi connectivity index (χ2n) is 5.26. The Morgan fingerprint density at radius 3 is 2.71 bits per heavy atom. The van der Waals surface area contributed by atoms with Crippen LogP contribution in [0.3, 0.4) is 0 Å². The van der Waals surface area contributed by atoms with Crippen LogP contribution in [0.15, 0.2) is 54.6 Å². The lowest BCUT2D eigenvalue weighted by molar-refractivity contribution is 0.0948. The van der Waals surface area contributed by atoms with Crippen LogP contribution in [0.2, 0.25) is 0 Å². The fraction of sp³-hybridized carbons (Fsp3) is 0.105. The maximum Gasteiger partial charge on any atom is 0.291 e. The smallest absolute Gasteiger partial charge is 0.291 e. The SMILES string of the molecule is C#CCNC(=O)c1nc(-c2ccccc2)n(-c2cccc(C)c2)n1. The van der Waals surface area contributed by atoms with Crippen molar-refractivity contribution >= 4 is 5.91 Å². The van der Waals surface area contributed by atoms with Gasteiger partial charge in [-0.2, -0.15) is 0 Å². The van der Waals surface area contributed by atoms with Crippen molar-refractivity contribution in [1.82, 2.24) is 20.1 Å². The van der Waals surface area contributed by atoms with E-state index in [0.29, 0.717) is 5.82 Å². The first-order valence-corrected chi connectivity index (χ1v) is 7.50. The number of terminal acetylenes is 1. The number of hydrogen-bond donors (Lipinski definition) is 1. The van der Waals surface area contributed by atoms with Gasteiger partial charge in [-0.15, -0.1) is 11.5 Å². The topological polar surface area (TPSA) is 59.8 Å². The van der Waals surface area contributed by atoms with Gasteiger partial charge in [-0.25, -0.2) is 9.67 Å². The van der Waals surface area contributed by atoms with E-state index in [2.05, 4.69) is 21.3 Å². The molecule has 24 heavy (non-hydrogen) atoms. The fourth-order valence-corrected chi connectivity index (χ4v) is 2.33. The van der Waals surface area contributed by atoms with Gasteiger partial charge in [0.15, 0.2) is 5.82 Å². The lowest BCUT2D eigenvalue weighted by atomic mass is 10.2. The lowest BCUT2D eigenvalue weighted by Gasteiger charge is -2.06. The summed E-state index contributed by atoms with van der Waals surface area (Å²) >= 11 is 0. The molecule has 0 fully saturated rings. The summed E-state index contributed by atoms with van der Waals surface area (Å²) in [5, 5.41) is 6.97. The lowest BCUT2D eigenvalue weighted by Crippen LogP contribution is -2.24. The summed E-state index contributed by atoms with van der Waals surface area (Å²) in [5.74, 6) is 2.67. The van der Waals surface area contributed by atoms with Crippen molar-refractivity contribution in [1.29, 1.82) is 0 Å². The average molecular weight is 316 g/mol. The number of benzene rings is 2. The molecule has 0 radical (unpaired) electrons. The van der Waals surface area contributed by atoms with Crippen LogP contribution in [0.4, 0.5) is 0 Å². The molecule has 5 heteroatoms. The van der Waals surface area contributed by atoms with Crippen LogP contribution in [0.5, 0.6) is 0 Å². The fourth-order valence-electron chi connectivity index (χ4n) is 2.33. The minimum absolute atomic E-state index is 0.0885. The van der Waals surface area contributed by atoms with Gasteiger partial charge in [-0.05, 0) is 24.6 Å². The van der Waals surface area contributed by atoms with E-state index in [1.54, 1.807) is 4.68 Å². The molecule has 1 aromatic heterocycles. The first-order chi connectivity index (χ1) is 11.7. The largest absolute Gasteiger partial charge is 0.338 e. The molecule has 0 aliphatic rings. The molecule has 0 unspecified atom stereocenters. The zero-order valence-electron chi connectivity index (χ0n) is 13.2. The van der Waals surface area contributed by atoms with Crippen molar-refractivity contribution in [3.8, 4) is 29.4 Å². The van der Waals surface area contributed by atoms with Gasteiger partial charge < -0.3 is 5.32 Å². The Morgan fingerprint density at radius 2 is 2.00 bits per heavy atom. The molecular weight excluding hydrogens is 300 g/mol. The van der Waals surface area contributed by atoms with Gasteiger partial charge >= 0.3 is 0 Å². The number of amides is 1. The molecule has 1 heterocycles. The maximum absolute atomic E-state index is 12.2. The highest BCUT2D eigenvalue weighted by atomic mass is 16.2. The van der Waals surface area contributed by atoms with Crippen LogP contribution in [-0.4, -0.2) is 27.2 Å². The Hall–Kier alpha value is -3.39. The molecule has 0 saturated carbocycles. The molecule has 0 saturated heterocycles. The zero-order valence-corrected chi connectivity index (χ0v) is 13.2. The summed E-state index contributed by atoms with van der Waals surface area (Å²) in [4.78, 5) is 16.6. The van der Waals surface area contributed by atoms with Crippen LogP contribution in [-0.2, 0) is 0 Å². The second-order valence-corrected chi connectivity index (χ2v) is 5.26. The van der Waals surface area contributed by atoms with Gasteiger partial charge in [0.2, 0.25) is 5.82 Å². The number of aromatic nitrogens is 3. The van der Waals surface area contributed by atoms with Crippen molar-refractivity contribution < 1.29 is 4.79 Å². The highest BCUT2D eigenvalue weighted by Gasteiger charge is 2.18. The molecule has 1 N–H and O–H groups in total. The van der Waals surface area contributed by atoms with E-state index in [-0.39, 0.29) is 12.4 Å². The highest BCUT2D eigenvalue weighted by Crippen LogP contribution is 2.21. The van der Waals surface area contributed by atoms with Crippen molar-refractivity contribution in [3.63, 3.8) is 0 Å². The molecule has 0 atom stereocenters. The molecule has 0 aliphatic carbocycles. The summed E-state index contributed by atoms with van der Waals surface area (Å²) in [5.41, 5.74) is 2.82. The number of carbonyl (C=O) groups excluding carboxylic acids is 1. The van der Waals surface area contributed by atoms with Gasteiger partial charge in [0.05, 0.1) is 12.2 Å². The predicted molar refractivity (Wildman–Crippen MR) is 92.7 cm³/mol. The Bertz CT molecular complexity index is 907. The van der Waals surface area contributed by atoms with Crippen LogP contribution < -0.4 is 5.32 Å². The van der Waals surface area contributed by atoms with Crippen LogP contribution >= 0.6 is 0 Å². The zero-order chi connectivity index (χ0) is 16.9. The van der Waals surface area contributed by atoms with Crippen molar-refractivity contribution in [2.75, 3.05) is 6.54 Å². The van der Waals surface area contributed by atoms with E-state index in [9.17, 15) is 4.79 Å². The number of aryl methyl sites for hydroxylation is 1. The average Bonchev–Trinajstić information content (AvgIpc) is 3.06. The quantitative estimate of drug-likeness (QED) is 0.753. The Kier molecular flexibility index (Phi) is 4.39. The van der Waals surface area contributed by atoms with E-state index in [4.69, 9.17) is 6.42 Å². The summed E-state index contributed by atoms with van der Waals surface area (Å²) < 4.78 is 1.67. The standard InChI is InChI=1S/C19H16N4O/c1-3-12-20-19(24)17-21-18(15-9-5-4-6-10-15)23(22-17)16-11-7-8-14(2)13-16/h1,4-11,13H,12H2,2H3,(H,20,24). The Morgan fingerprint density at radius 1 is 1.21 bits per heavy atom. The predicted octanol–water partition coefficient (Wildman–Crippen LogP) is 2.61. The molecule has 3 aromatic rings. The minimum Gasteiger partial charge on any atom is -0.338 e. The number of hydrogen-bond acceptors (Lipinski definition) is 3. The monoisotopic (exact) mass is 316 g/mol. The van der Waals surface area contributed by atoms with E-state index in [1.807, 2.05) is 61.5 Å². The molecule has 3 rings (SSSR count). The highest BCUT2D eigenvalue weighted by molar-refractivity contribution is 5.91. The first-order valence-electron chi connectivity index (χ1n) is 7.50. The van der Waals surface area contributed by atoms with E-state index in [1.165, 1.54) is 0 Å². The molecular formula is C19H16N4O. The normalized spacial score (nSPS) is 10.2. The number of nitrogens with one attached hydrogen (secondary N) is 1. The third-order valence-corrected chi connectivity index (χ3v) is 3.44. The summed E-state index contributed by atoms with van der Waals surface area (Å²) in [6.07, 6.45) is 5.18. The number of rotatable bonds is 4. The second kappa shape index (κ2) is 6.80. The van der Waals surface area contributed by atoms with Crippen molar-refractivity contribution in [2.45, 2.75) is 6.92 Å². The van der Waals surface area contributed by atoms with Gasteiger partial charge in [0.1, 0.15) is 0 Å². The van der Waals surface area contributed by atoms with Crippen molar-refractivity contribution in [2.24, 2.45) is 0 Å². The number of carbonyl (C=O) groups is 1. The summed E-state index contributed by atoms with van der Waals surface area (Å²) in [6, 6.07) is 17.5. The summed E-state index contributed by atoms with van der Waals surface area (Å²) in [6.45, 7) is 2.14. The van der Waals surface area contributed by atoms with Crippen LogP contribution in [0.1, 0.15) is 16.2 Å². The molecule has 0 bridgehead atoms. The molecule has 0 spiro atoms. The molecule has 0 aliphatic heterocycles. The van der Waals surface area contributed by atoms with Crippen LogP contribution in [0, 0.1) is 19.3 Å². The third-order valence-electron chi connectivity index (χ3n) is 3.44. The Balaban J connectivity index is 2.10. The Labute approximate surface area is 140 Å².